The highest BCUT2D eigenvalue weighted by molar-refractivity contribution is 5.92. The van der Waals surface area contributed by atoms with Gasteiger partial charge in [0.05, 0.1) is 5.69 Å². The van der Waals surface area contributed by atoms with Crippen LogP contribution in [0.2, 0.25) is 0 Å². The number of rotatable bonds is 5. The van der Waals surface area contributed by atoms with Crippen LogP contribution in [0.15, 0.2) is 59.7 Å². The molecule has 3 rings (SSSR count). The number of aliphatic imine (C=N–C) groups is 1. The summed E-state index contributed by atoms with van der Waals surface area (Å²) in [5.41, 5.74) is 16.2. The standard InChI is InChI=1S/C21H19FN4O/c1-13-9-15(4-6-18(13)22)21-17(3-2-8-26-21)14-5-7-19(23)16(10-14)11-25-12-20(24)27/h2-11H,12,23H2,1H3,(H2,24,27). The van der Waals surface area contributed by atoms with Gasteiger partial charge in [-0.2, -0.15) is 0 Å². The van der Waals surface area contributed by atoms with Gasteiger partial charge in [-0.05, 0) is 54.4 Å². The van der Waals surface area contributed by atoms with Crippen molar-refractivity contribution < 1.29 is 9.18 Å². The highest BCUT2D eigenvalue weighted by Gasteiger charge is 2.11. The van der Waals surface area contributed by atoms with E-state index in [1.807, 2.05) is 24.3 Å². The number of nitrogens with two attached hydrogens (primary N) is 2. The zero-order chi connectivity index (χ0) is 19.4. The fourth-order valence-corrected chi connectivity index (χ4v) is 2.75. The molecule has 0 radical (unpaired) electrons. The van der Waals surface area contributed by atoms with E-state index in [2.05, 4.69) is 9.98 Å². The van der Waals surface area contributed by atoms with E-state index in [1.54, 1.807) is 31.3 Å². The Kier molecular flexibility index (Phi) is 5.26. The van der Waals surface area contributed by atoms with Gasteiger partial charge in [-0.1, -0.05) is 12.1 Å². The maximum absolute atomic E-state index is 13.6. The Morgan fingerprint density at radius 2 is 1.96 bits per heavy atom. The van der Waals surface area contributed by atoms with Crippen LogP contribution in [0.4, 0.5) is 10.1 Å². The Bertz CT molecular complexity index is 1030. The number of anilines is 1. The molecule has 0 spiro atoms. The van der Waals surface area contributed by atoms with E-state index in [4.69, 9.17) is 11.5 Å². The van der Waals surface area contributed by atoms with Gasteiger partial charge in [0.1, 0.15) is 12.4 Å². The van der Waals surface area contributed by atoms with Gasteiger partial charge in [-0.15, -0.1) is 0 Å². The van der Waals surface area contributed by atoms with Crippen LogP contribution >= 0.6 is 0 Å². The number of hydrogen-bond acceptors (Lipinski definition) is 4. The first-order valence-corrected chi connectivity index (χ1v) is 8.35. The molecule has 0 fully saturated rings. The van der Waals surface area contributed by atoms with Crippen molar-refractivity contribution in [3.8, 4) is 22.4 Å². The summed E-state index contributed by atoms with van der Waals surface area (Å²) in [4.78, 5) is 19.3. The number of nitrogen functional groups attached to an aromatic ring is 1. The smallest absolute Gasteiger partial charge is 0.239 e. The number of halogens is 1. The number of carbonyl (C=O) groups excluding carboxylic acids is 1. The van der Waals surface area contributed by atoms with Crippen molar-refractivity contribution in [2.24, 2.45) is 10.7 Å². The average molecular weight is 362 g/mol. The lowest BCUT2D eigenvalue weighted by atomic mass is 9.96. The molecule has 0 saturated carbocycles. The van der Waals surface area contributed by atoms with Crippen molar-refractivity contribution in [1.82, 2.24) is 4.98 Å². The van der Waals surface area contributed by atoms with Crippen molar-refractivity contribution in [3.05, 3.63) is 71.7 Å². The lowest BCUT2D eigenvalue weighted by Crippen LogP contribution is -2.14. The first kappa shape index (κ1) is 18.3. The molecule has 2 aromatic carbocycles. The van der Waals surface area contributed by atoms with Gasteiger partial charge in [-0.25, -0.2) is 4.39 Å². The molecule has 3 aromatic rings. The number of amides is 1. The molecule has 0 bridgehead atoms. The van der Waals surface area contributed by atoms with E-state index in [-0.39, 0.29) is 12.4 Å². The average Bonchev–Trinajstić information content (AvgIpc) is 2.65. The Balaban J connectivity index is 2.06. The monoisotopic (exact) mass is 362 g/mol. The number of benzene rings is 2. The van der Waals surface area contributed by atoms with Crippen LogP contribution in [-0.2, 0) is 4.79 Å². The van der Waals surface area contributed by atoms with Crippen LogP contribution in [0.3, 0.4) is 0 Å². The highest BCUT2D eigenvalue weighted by Crippen LogP contribution is 2.32. The van der Waals surface area contributed by atoms with Crippen LogP contribution < -0.4 is 11.5 Å². The number of aryl methyl sites for hydroxylation is 1. The molecule has 0 aliphatic rings. The quantitative estimate of drug-likeness (QED) is 0.538. The number of pyridine rings is 1. The normalized spacial score (nSPS) is 11.0. The minimum atomic E-state index is -0.512. The Morgan fingerprint density at radius 1 is 1.19 bits per heavy atom. The maximum Gasteiger partial charge on any atom is 0.239 e. The molecular weight excluding hydrogens is 343 g/mol. The molecule has 0 aliphatic heterocycles. The summed E-state index contributed by atoms with van der Waals surface area (Å²) in [5, 5.41) is 0. The predicted molar refractivity (Wildman–Crippen MR) is 106 cm³/mol. The molecule has 136 valence electrons. The molecule has 27 heavy (non-hydrogen) atoms. The SMILES string of the molecule is Cc1cc(-c2ncccc2-c2ccc(N)c(C=NCC(N)=O)c2)ccc1F. The Labute approximate surface area is 156 Å². The zero-order valence-corrected chi connectivity index (χ0v) is 14.8. The summed E-state index contributed by atoms with van der Waals surface area (Å²) in [7, 11) is 0. The van der Waals surface area contributed by atoms with Gasteiger partial charge in [0, 0.05) is 34.8 Å². The van der Waals surface area contributed by atoms with Gasteiger partial charge in [-0.3, -0.25) is 14.8 Å². The summed E-state index contributed by atoms with van der Waals surface area (Å²) in [5.74, 6) is -0.765. The summed E-state index contributed by atoms with van der Waals surface area (Å²) in [6.45, 7) is 1.62. The number of hydrogen-bond donors (Lipinski definition) is 2. The van der Waals surface area contributed by atoms with Crippen LogP contribution in [0, 0.1) is 12.7 Å². The number of nitrogens with zero attached hydrogens (tertiary/aromatic N) is 2. The minimum Gasteiger partial charge on any atom is -0.398 e. The fraction of sp³-hybridized carbons (Fsp3) is 0.0952. The van der Waals surface area contributed by atoms with Gasteiger partial charge in [0.2, 0.25) is 5.91 Å². The second-order valence-electron chi connectivity index (χ2n) is 6.14. The number of primary amides is 1. The summed E-state index contributed by atoms with van der Waals surface area (Å²) in [6.07, 6.45) is 3.23. The second kappa shape index (κ2) is 7.78. The van der Waals surface area contributed by atoms with Crippen molar-refractivity contribution in [2.75, 3.05) is 12.3 Å². The lowest BCUT2D eigenvalue weighted by molar-refractivity contribution is -0.116. The summed E-state index contributed by atoms with van der Waals surface area (Å²) < 4.78 is 13.6. The Hall–Kier alpha value is -3.54. The van der Waals surface area contributed by atoms with Crippen LogP contribution in [0.1, 0.15) is 11.1 Å². The third-order valence-electron chi connectivity index (χ3n) is 4.11. The molecule has 1 heterocycles. The third-order valence-corrected chi connectivity index (χ3v) is 4.11. The zero-order valence-electron chi connectivity index (χ0n) is 14.8. The number of carbonyl (C=O) groups is 1. The van der Waals surface area contributed by atoms with Gasteiger partial charge < -0.3 is 11.5 Å². The molecule has 6 heteroatoms. The van der Waals surface area contributed by atoms with E-state index in [0.717, 1.165) is 22.4 Å². The molecule has 0 aliphatic carbocycles. The maximum atomic E-state index is 13.6. The van der Waals surface area contributed by atoms with E-state index < -0.39 is 5.91 Å². The molecule has 0 saturated heterocycles. The van der Waals surface area contributed by atoms with E-state index >= 15 is 0 Å². The van der Waals surface area contributed by atoms with E-state index in [9.17, 15) is 9.18 Å². The van der Waals surface area contributed by atoms with E-state index in [0.29, 0.717) is 16.8 Å². The molecule has 1 amide bonds. The Morgan fingerprint density at radius 3 is 2.70 bits per heavy atom. The van der Waals surface area contributed by atoms with Crippen LogP contribution in [0.5, 0.6) is 0 Å². The molecular formula is C21H19FN4O. The number of aromatic nitrogens is 1. The van der Waals surface area contributed by atoms with Gasteiger partial charge in [0.15, 0.2) is 0 Å². The molecule has 0 atom stereocenters. The van der Waals surface area contributed by atoms with Crippen molar-refractivity contribution in [3.63, 3.8) is 0 Å². The molecule has 0 unspecified atom stereocenters. The van der Waals surface area contributed by atoms with Crippen LogP contribution in [-0.4, -0.2) is 23.7 Å². The lowest BCUT2D eigenvalue weighted by Gasteiger charge is -2.11. The first-order valence-electron chi connectivity index (χ1n) is 8.35. The molecule has 4 N–H and O–H groups in total. The van der Waals surface area contributed by atoms with Crippen molar-refractivity contribution >= 4 is 17.8 Å². The third kappa shape index (κ3) is 4.17. The minimum absolute atomic E-state index is 0.101. The van der Waals surface area contributed by atoms with Crippen molar-refractivity contribution in [2.45, 2.75) is 6.92 Å². The topological polar surface area (TPSA) is 94.4 Å². The molecule has 5 nitrogen and oxygen atoms in total. The van der Waals surface area contributed by atoms with Crippen molar-refractivity contribution in [1.29, 1.82) is 0 Å². The first-order chi connectivity index (χ1) is 13.0. The second-order valence-corrected chi connectivity index (χ2v) is 6.14. The summed E-state index contributed by atoms with van der Waals surface area (Å²) >= 11 is 0. The van der Waals surface area contributed by atoms with Gasteiger partial charge >= 0.3 is 0 Å². The summed E-state index contributed by atoms with van der Waals surface area (Å²) in [6, 6.07) is 14.2. The predicted octanol–water partition coefficient (Wildman–Crippen LogP) is 3.35. The van der Waals surface area contributed by atoms with E-state index in [1.165, 1.54) is 12.3 Å². The molecule has 1 aromatic heterocycles. The largest absolute Gasteiger partial charge is 0.398 e. The highest BCUT2D eigenvalue weighted by atomic mass is 19.1. The fourth-order valence-electron chi connectivity index (χ4n) is 2.75. The van der Waals surface area contributed by atoms with Gasteiger partial charge in [0.25, 0.3) is 0 Å². The van der Waals surface area contributed by atoms with Crippen LogP contribution in [0.25, 0.3) is 22.4 Å².